The fourth-order valence-electron chi connectivity index (χ4n) is 1.80. The van der Waals surface area contributed by atoms with E-state index in [1.165, 1.54) is 30.4 Å². The molecule has 0 aliphatic heterocycles. The Kier molecular flexibility index (Phi) is 6.57. The number of sulfonamides is 1. The number of benzene rings is 1. The van der Waals surface area contributed by atoms with Crippen LogP contribution in [0.2, 0.25) is 0 Å². The van der Waals surface area contributed by atoms with Crippen LogP contribution in [0.5, 0.6) is 0 Å². The van der Waals surface area contributed by atoms with Gasteiger partial charge in [0.05, 0.1) is 11.3 Å². The highest BCUT2D eigenvalue weighted by Crippen LogP contribution is 2.29. The molecule has 0 heterocycles. The van der Waals surface area contributed by atoms with Gasteiger partial charge >= 0.3 is 6.18 Å². The highest BCUT2D eigenvalue weighted by Gasteiger charge is 2.30. The summed E-state index contributed by atoms with van der Waals surface area (Å²) >= 11 is 0. The summed E-state index contributed by atoms with van der Waals surface area (Å²) in [4.78, 5) is 11.8. The minimum Gasteiger partial charge on any atom is -0.352 e. The third kappa shape index (κ3) is 5.83. The fraction of sp³-hybridized carbons (Fsp3) is 0.500. The van der Waals surface area contributed by atoms with Crippen molar-refractivity contribution in [3.8, 4) is 0 Å². The Morgan fingerprint density at radius 2 is 1.96 bits per heavy atom. The van der Waals surface area contributed by atoms with Gasteiger partial charge in [-0.2, -0.15) is 13.2 Å². The summed E-state index contributed by atoms with van der Waals surface area (Å²) in [6.45, 7) is 1.92. The van der Waals surface area contributed by atoms with Crippen LogP contribution in [0.15, 0.2) is 24.3 Å². The Balaban J connectivity index is 2.52. The molecule has 0 aromatic heterocycles. The molecule has 0 aliphatic carbocycles. The highest BCUT2D eigenvalue weighted by atomic mass is 32.2. The van der Waals surface area contributed by atoms with Crippen LogP contribution in [0.4, 0.5) is 13.2 Å². The second-order valence-corrected chi connectivity index (χ2v) is 7.27. The van der Waals surface area contributed by atoms with Crippen LogP contribution in [0, 0.1) is 0 Å². The van der Waals surface area contributed by atoms with Crippen molar-refractivity contribution >= 4 is 15.9 Å². The third-order valence-corrected chi connectivity index (χ3v) is 5.09. The number of hydrogen-bond donors (Lipinski definition) is 1. The first kappa shape index (κ1) is 19.4. The lowest BCUT2D eigenvalue weighted by Crippen LogP contribution is -2.32. The molecule has 0 aliphatic rings. The van der Waals surface area contributed by atoms with Crippen molar-refractivity contribution in [2.45, 2.75) is 19.5 Å². The summed E-state index contributed by atoms with van der Waals surface area (Å²) < 4.78 is 61.9. The highest BCUT2D eigenvalue weighted by molar-refractivity contribution is 7.89. The smallest absolute Gasteiger partial charge is 0.352 e. The second kappa shape index (κ2) is 7.78. The van der Waals surface area contributed by atoms with E-state index in [-0.39, 0.29) is 24.4 Å². The Bertz CT molecular complexity index is 645. The Labute approximate surface area is 133 Å². The number of nitrogens with zero attached hydrogens (tertiary/aromatic N) is 1. The number of alkyl halides is 3. The summed E-state index contributed by atoms with van der Waals surface area (Å²) in [6.07, 6.45) is -4.14. The molecule has 1 aromatic rings. The van der Waals surface area contributed by atoms with E-state index in [1.807, 2.05) is 0 Å². The van der Waals surface area contributed by atoms with Crippen LogP contribution in [0.25, 0.3) is 0 Å². The minimum absolute atomic E-state index is 0.0138. The zero-order valence-electron chi connectivity index (χ0n) is 12.9. The molecule has 130 valence electrons. The normalized spacial score (nSPS) is 12.4. The van der Waals surface area contributed by atoms with Gasteiger partial charge in [-0.3, -0.25) is 4.79 Å². The van der Waals surface area contributed by atoms with E-state index < -0.39 is 27.7 Å². The van der Waals surface area contributed by atoms with Gasteiger partial charge in [-0.25, -0.2) is 12.7 Å². The number of halogens is 3. The molecule has 1 N–H and O–H groups in total. The largest absolute Gasteiger partial charge is 0.416 e. The predicted octanol–water partition coefficient (Wildman–Crippen LogP) is 2.11. The predicted molar refractivity (Wildman–Crippen MR) is 80.5 cm³/mol. The van der Waals surface area contributed by atoms with E-state index >= 15 is 0 Å². The number of rotatable bonds is 7. The number of carbonyl (C=O) groups excluding carboxylic acids is 1. The molecule has 23 heavy (non-hydrogen) atoms. The monoisotopic (exact) mass is 352 g/mol. The van der Waals surface area contributed by atoms with Crippen molar-refractivity contribution in [2.75, 3.05) is 25.9 Å². The second-order valence-electron chi connectivity index (χ2n) is 4.91. The average molecular weight is 352 g/mol. The van der Waals surface area contributed by atoms with Crippen LogP contribution >= 0.6 is 0 Å². The summed E-state index contributed by atoms with van der Waals surface area (Å²) in [5.41, 5.74) is -0.978. The van der Waals surface area contributed by atoms with Gasteiger partial charge in [0.15, 0.2) is 0 Å². The van der Waals surface area contributed by atoms with Crippen LogP contribution in [-0.2, 0) is 16.2 Å². The Morgan fingerprint density at radius 3 is 2.52 bits per heavy atom. The standard InChI is InChI=1S/C14H19F3N2O3S/c1-3-23(21,22)19(2)9-5-8-18-13(20)11-6-4-7-12(10-11)14(15,16)17/h4,6-7,10H,3,5,8-9H2,1-2H3,(H,18,20). The number of nitrogens with one attached hydrogen (secondary N) is 1. The molecule has 0 bridgehead atoms. The lowest BCUT2D eigenvalue weighted by molar-refractivity contribution is -0.137. The van der Waals surface area contributed by atoms with Crippen LogP contribution in [-0.4, -0.2) is 44.5 Å². The first-order valence-corrected chi connectivity index (χ1v) is 8.58. The molecule has 0 spiro atoms. The maximum absolute atomic E-state index is 12.6. The van der Waals surface area contributed by atoms with Crippen LogP contribution < -0.4 is 5.32 Å². The fourth-order valence-corrected chi connectivity index (χ4v) is 2.65. The van der Waals surface area contributed by atoms with Crippen LogP contribution in [0.1, 0.15) is 29.3 Å². The molecule has 9 heteroatoms. The van der Waals surface area contributed by atoms with Gasteiger partial charge in [0.25, 0.3) is 5.91 Å². The summed E-state index contributed by atoms with van der Waals surface area (Å²) in [7, 11) is -1.84. The molecule has 0 saturated carbocycles. The van der Waals surface area contributed by atoms with E-state index in [1.54, 1.807) is 0 Å². The molecule has 1 amide bonds. The van der Waals surface area contributed by atoms with Gasteiger partial charge in [0, 0.05) is 25.7 Å². The van der Waals surface area contributed by atoms with E-state index in [2.05, 4.69) is 5.32 Å². The van der Waals surface area contributed by atoms with Crippen molar-refractivity contribution < 1.29 is 26.4 Å². The van der Waals surface area contributed by atoms with E-state index in [0.717, 1.165) is 12.1 Å². The van der Waals surface area contributed by atoms with E-state index in [0.29, 0.717) is 6.42 Å². The van der Waals surface area contributed by atoms with Crippen molar-refractivity contribution in [3.63, 3.8) is 0 Å². The van der Waals surface area contributed by atoms with Crippen LogP contribution in [0.3, 0.4) is 0 Å². The Hall–Kier alpha value is -1.61. The maximum atomic E-state index is 12.6. The quantitative estimate of drug-likeness (QED) is 0.765. The van der Waals surface area contributed by atoms with Crippen molar-refractivity contribution in [3.05, 3.63) is 35.4 Å². The summed E-state index contributed by atoms with van der Waals surface area (Å²) in [5, 5.41) is 2.47. The van der Waals surface area contributed by atoms with E-state index in [9.17, 15) is 26.4 Å². The molecular weight excluding hydrogens is 333 g/mol. The molecule has 1 aromatic carbocycles. The average Bonchev–Trinajstić information content (AvgIpc) is 2.50. The molecule has 0 unspecified atom stereocenters. The molecule has 5 nitrogen and oxygen atoms in total. The molecular formula is C14H19F3N2O3S. The van der Waals surface area contributed by atoms with Gasteiger partial charge in [-0.05, 0) is 31.5 Å². The SMILES string of the molecule is CCS(=O)(=O)N(C)CCCNC(=O)c1cccc(C(F)(F)F)c1. The van der Waals surface area contributed by atoms with Gasteiger partial charge < -0.3 is 5.32 Å². The lowest BCUT2D eigenvalue weighted by atomic mass is 10.1. The number of hydrogen-bond acceptors (Lipinski definition) is 3. The Morgan fingerprint density at radius 1 is 1.30 bits per heavy atom. The minimum atomic E-state index is -4.51. The topological polar surface area (TPSA) is 66.5 Å². The van der Waals surface area contributed by atoms with Gasteiger partial charge in [-0.1, -0.05) is 6.07 Å². The molecule has 0 fully saturated rings. The molecule has 0 atom stereocenters. The third-order valence-electron chi connectivity index (χ3n) is 3.23. The number of carbonyl (C=O) groups is 1. The van der Waals surface area contributed by atoms with Gasteiger partial charge in [0.1, 0.15) is 0 Å². The maximum Gasteiger partial charge on any atom is 0.416 e. The lowest BCUT2D eigenvalue weighted by Gasteiger charge is -2.15. The van der Waals surface area contributed by atoms with Crippen molar-refractivity contribution in [1.82, 2.24) is 9.62 Å². The summed E-state index contributed by atoms with van der Waals surface area (Å²) in [6, 6.07) is 4.13. The van der Waals surface area contributed by atoms with E-state index in [4.69, 9.17) is 0 Å². The molecule has 0 saturated heterocycles. The van der Waals surface area contributed by atoms with Crippen molar-refractivity contribution in [1.29, 1.82) is 0 Å². The summed E-state index contributed by atoms with van der Waals surface area (Å²) in [5.74, 6) is -0.641. The number of amides is 1. The van der Waals surface area contributed by atoms with Crippen molar-refractivity contribution in [2.24, 2.45) is 0 Å². The van der Waals surface area contributed by atoms with Gasteiger partial charge in [-0.15, -0.1) is 0 Å². The first-order chi connectivity index (χ1) is 10.6. The zero-order valence-corrected chi connectivity index (χ0v) is 13.7. The van der Waals surface area contributed by atoms with Gasteiger partial charge in [0.2, 0.25) is 10.0 Å². The first-order valence-electron chi connectivity index (χ1n) is 6.97. The zero-order chi connectivity index (χ0) is 17.7. The molecule has 1 rings (SSSR count). The molecule has 0 radical (unpaired) electrons.